The molecule has 1 saturated heterocycles. The molecule has 0 aromatic heterocycles. The SMILES string of the molecule is CC1(C)[C@@H]2CC[C@@]1([C@@H]1[C@@H]3CC[C@@H](C3)[S+]1CC=C(c1ccccc1)c1ccccc1)C(=O)C2. The van der Waals surface area contributed by atoms with Crippen LogP contribution in [0.1, 0.15) is 63.5 Å². The van der Waals surface area contributed by atoms with Crippen molar-refractivity contribution in [1.82, 2.24) is 0 Å². The normalized spacial score (nSPS) is 36.6. The van der Waals surface area contributed by atoms with E-state index in [1.807, 2.05) is 0 Å². The lowest BCUT2D eigenvalue weighted by Gasteiger charge is -2.43. The van der Waals surface area contributed by atoms with E-state index in [4.69, 9.17) is 0 Å². The topological polar surface area (TPSA) is 17.1 Å². The lowest BCUT2D eigenvalue weighted by Crippen LogP contribution is -2.53. The molecule has 1 aliphatic heterocycles. The van der Waals surface area contributed by atoms with Gasteiger partial charge in [-0.25, -0.2) is 0 Å². The van der Waals surface area contributed by atoms with Crippen molar-refractivity contribution in [3.05, 3.63) is 77.9 Å². The molecule has 4 fully saturated rings. The maximum absolute atomic E-state index is 13.6. The molecular formula is C30H35OS+. The van der Waals surface area contributed by atoms with Crippen LogP contribution in [0, 0.1) is 22.7 Å². The van der Waals surface area contributed by atoms with Gasteiger partial charge in [-0.05, 0) is 70.7 Å². The molecule has 1 unspecified atom stereocenters. The summed E-state index contributed by atoms with van der Waals surface area (Å²) < 4.78 is 0. The smallest absolute Gasteiger partial charge is 0.144 e. The van der Waals surface area contributed by atoms with Crippen LogP contribution < -0.4 is 0 Å². The minimum atomic E-state index is -0.0336. The highest BCUT2D eigenvalue weighted by Crippen LogP contribution is 2.70. The average molecular weight is 444 g/mol. The van der Waals surface area contributed by atoms with Crippen LogP contribution in [0.2, 0.25) is 0 Å². The number of hydrogen-bond acceptors (Lipinski definition) is 1. The summed E-state index contributed by atoms with van der Waals surface area (Å²) in [5.74, 6) is 3.18. The molecule has 166 valence electrons. The fourth-order valence-corrected chi connectivity index (χ4v) is 12.1. The third kappa shape index (κ3) is 2.87. The summed E-state index contributed by atoms with van der Waals surface area (Å²) in [5, 5.41) is 1.46. The Morgan fingerprint density at radius 3 is 2.19 bits per heavy atom. The second kappa shape index (κ2) is 7.62. The summed E-state index contributed by atoms with van der Waals surface area (Å²) in [6.45, 7) is 4.89. The van der Waals surface area contributed by atoms with Gasteiger partial charge < -0.3 is 0 Å². The van der Waals surface area contributed by atoms with Gasteiger partial charge in [-0.3, -0.25) is 4.79 Å². The van der Waals surface area contributed by atoms with E-state index in [0.29, 0.717) is 27.8 Å². The van der Waals surface area contributed by atoms with E-state index in [0.717, 1.165) is 29.8 Å². The monoisotopic (exact) mass is 443 g/mol. The fraction of sp³-hybridized carbons (Fsp3) is 0.500. The molecule has 2 aromatic rings. The van der Waals surface area contributed by atoms with Gasteiger partial charge in [0.2, 0.25) is 0 Å². The Hall–Kier alpha value is -1.80. The Kier molecular flexibility index (Phi) is 4.95. The molecule has 4 bridgehead atoms. The van der Waals surface area contributed by atoms with Crippen molar-refractivity contribution in [2.75, 3.05) is 5.75 Å². The molecule has 1 nitrogen and oxygen atoms in total. The van der Waals surface area contributed by atoms with Crippen LogP contribution in [-0.2, 0) is 15.7 Å². The summed E-state index contributed by atoms with van der Waals surface area (Å²) in [6, 6.07) is 21.7. The summed E-state index contributed by atoms with van der Waals surface area (Å²) in [4.78, 5) is 13.6. The van der Waals surface area contributed by atoms with E-state index < -0.39 is 0 Å². The van der Waals surface area contributed by atoms with Gasteiger partial charge in [0.15, 0.2) is 0 Å². The first-order valence-electron chi connectivity index (χ1n) is 12.5. The molecule has 32 heavy (non-hydrogen) atoms. The van der Waals surface area contributed by atoms with Crippen molar-refractivity contribution >= 4 is 22.3 Å². The molecule has 3 saturated carbocycles. The highest BCUT2D eigenvalue weighted by Gasteiger charge is 2.75. The van der Waals surface area contributed by atoms with Gasteiger partial charge in [-0.15, -0.1) is 0 Å². The molecule has 0 N–H and O–H groups in total. The van der Waals surface area contributed by atoms with Gasteiger partial charge in [0, 0.05) is 18.8 Å². The summed E-state index contributed by atoms with van der Waals surface area (Å²) in [5.41, 5.74) is 4.13. The summed E-state index contributed by atoms with van der Waals surface area (Å²) in [7, 11) is 0.312. The number of Topliss-reactive ketones (excluding diaryl/α,β-unsaturated/α-hetero) is 1. The van der Waals surface area contributed by atoms with E-state index in [-0.39, 0.29) is 10.8 Å². The van der Waals surface area contributed by atoms with Crippen LogP contribution in [0.3, 0.4) is 0 Å². The standard InChI is InChI=1S/C30H35OS/c1-29(2)24-15-17-30(29,27(31)20-24)28-23-13-14-25(19-23)32(28)18-16-26(21-9-5-3-6-10-21)22-11-7-4-8-12-22/h3-12,16,23-25,28H,13-15,17-20H2,1-2H3/q+1/t23-,24-,25+,28+,30+,32?/m1/s1. The Morgan fingerprint density at radius 2 is 1.62 bits per heavy atom. The first kappa shape index (κ1) is 20.8. The number of hydrogen-bond donors (Lipinski definition) is 0. The van der Waals surface area contributed by atoms with E-state index in [1.165, 1.54) is 42.4 Å². The lowest BCUT2D eigenvalue weighted by atomic mass is 9.64. The minimum Gasteiger partial charge on any atom is -0.299 e. The Labute approximate surface area is 196 Å². The molecular weight excluding hydrogens is 408 g/mol. The summed E-state index contributed by atoms with van der Waals surface area (Å²) in [6.07, 6.45) is 9.96. The second-order valence-corrected chi connectivity index (χ2v) is 13.6. The Balaban J connectivity index is 1.38. The third-order valence-electron chi connectivity index (χ3n) is 9.73. The number of rotatable bonds is 5. The second-order valence-electron chi connectivity index (χ2n) is 11.2. The molecule has 3 aliphatic carbocycles. The maximum Gasteiger partial charge on any atom is 0.144 e. The third-order valence-corrected chi connectivity index (χ3v) is 13.0. The number of carbonyl (C=O) groups excluding carboxylic acids is 1. The average Bonchev–Trinajstić information content (AvgIpc) is 3.53. The molecule has 0 radical (unpaired) electrons. The molecule has 6 rings (SSSR count). The number of benzene rings is 2. The highest BCUT2D eigenvalue weighted by atomic mass is 32.2. The predicted octanol–water partition coefficient (Wildman–Crippen LogP) is 6.68. The molecule has 0 spiro atoms. The van der Waals surface area contributed by atoms with Crippen molar-refractivity contribution in [1.29, 1.82) is 0 Å². The van der Waals surface area contributed by atoms with Gasteiger partial charge in [0.05, 0.1) is 5.41 Å². The molecule has 2 heteroatoms. The fourth-order valence-electron chi connectivity index (χ4n) is 8.07. The molecule has 1 heterocycles. The van der Waals surface area contributed by atoms with Crippen LogP contribution in [0.4, 0.5) is 0 Å². The first-order chi connectivity index (χ1) is 15.5. The van der Waals surface area contributed by atoms with Crippen LogP contribution in [-0.4, -0.2) is 22.0 Å². The predicted molar refractivity (Wildman–Crippen MR) is 136 cm³/mol. The van der Waals surface area contributed by atoms with Crippen molar-refractivity contribution in [2.45, 2.75) is 62.9 Å². The lowest BCUT2D eigenvalue weighted by molar-refractivity contribution is -0.130. The van der Waals surface area contributed by atoms with E-state index >= 15 is 0 Å². The van der Waals surface area contributed by atoms with Crippen molar-refractivity contribution in [2.24, 2.45) is 22.7 Å². The molecule has 6 atom stereocenters. The zero-order valence-electron chi connectivity index (χ0n) is 19.4. The van der Waals surface area contributed by atoms with E-state index in [2.05, 4.69) is 80.6 Å². The van der Waals surface area contributed by atoms with E-state index in [1.54, 1.807) is 0 Å². The molecule has 4 aliphatic rings. The number of fused-ring (bicyclic) bond motifs is 4. The number of carbonyl (C=O) groups is 1. The van der Waals surface area contributed by atoms with Gasteiger partial charge in [0.25, 0.3) is 0 Å². The highest BCUT2D eigenvalue weighted by molar-refractivity contribution is 7.98. The zero-order chi connectivity index (χ0) is 21.9. The Bertz CT molecular complexity index is 998. The van der Waals surface area contributed by atoms with Gasteiger partial charge in [-0.2, -0.15) is 0 Å². The quantitative estimate of drug-likeness (QED) is 0.471. The first-order valence-corrected chi connectivity index (χ1v) is 14.1. The van der Waals surface area contributed by atoms with Crippen molar-refractivity contribution in [3.8, 4) is 0 Å². The van der Waals surface area contributed by atoms with Crippen LogP contribution >= 0.6 is 0 Å². The van der Waals surface area contributed by atoms with Crippen LogP contribution in [0.15, 0.2) is 66.7 Å². The maximum atomic E-state index is 13.6. The Morgan fingerprint density at radius 1 is 0.969 bits per heavy atom. The van der Waals surface area contributed by atoms with Crippen LogP contribution in [0.25, 0.3) is 5.57 Å². The minimum absolute atomic E-state index is 0.0336. The molecule has 2 aromatic carbocycles. The van der Waals surface area contributed by atoms with Crippen molar-refractivity contribution < 1.29 is 4.79 Å². The number of ketones is 1. The van der Waals surface area contributed by atoms with Gasteiger partial charge in [-0.1, -0.05) is 74.5 Å². The zero-order valence-corrected chi connectivity index (χ0v) is 20.2. The van der Waals surface area contributed by atoms with Gasteiger partial charge in [0.1, 0.15) is 22.0 Å². The molecule has 0 amide bonds. The van der Waals surface area contributed by atoms with E-state index in [9.17, 15) is 4.79 Å². The van der Waals surface area contributed by atoms with Gasteiger partial charge >= 0.3 is 0 Å². The largest absolute Gasteiger partial charge is 0.299 e. The van der Waals surface area contributed by atoms with Crippen LogP contribution in [0.5, 0.6) is 0 Å². The summed E-state index contributed by atoms with van der Waals surface area (Å²) >= 11 is 0. The van der Waals surface area contributed by atoms with Crippen molar-refractivity contribution in [3.63, 3.8) is 0 Å².